The highest BCUT2D eigenvalue weighted by Crippen LogP contribution is 2.17. The van der Waals surface area contributed by atoms with E-state index in [4.69, 9.17) is 0 Å². The molecule has 0 spiro atoms. The molecule has 1 heterocycles. The fourth-order valence-electron chi connectivity index (χ4n) is 2.17. The summed E-state index contributed by atoms with van der Waals surface area (Å²) in [5.41, 5.74) is 1.36. The standard InChI is InChI=1S/C16H14N/c1-4-11-17(12-5-1)13-15-9-6-8-14-7-2-3-10-16(14)15/h1-12H,13H2/q+1. The van der Waals surface area contributed by atoms with Gasteiger partial charge in [0.2, 0.25) is 0 Å². The molecule has 3 aromatic rings. The molecule has 0 saturated carbocycles. The van der Waals surface area contributed by atoms with Crippen LogP contribution in [0.5, 0.6) is 0 Å². The van der Waals surface area contributed by atoms with E-state index in [0.717, 1.165) is 6.54 Å². The van der Waals surface area contributed by atoms with Crippen molar-refractivity contribution in [1.29, 1.82) is 0 Å². The lowest BCUT2D eigenvalue weighted by Crippen LogP contribution is -2.32. The molecule has 0 amide bonds. The Morgan fingerprint density at radius 1 is 0.706 bits per heavy atom. The van der Waals surface area contributed by atoms with Crippen molar-refractivity contribution in [2.75, 3.05) is 0 Å². The molecular formula is C16H14N+. The van der Waals surface area contributed by atoms with Crippen LogP contribution in [0.4, 0.5) is 0 Å². The largest absolute Gasteiger partial charge is 0.201 e. The monoisotopic (exact) mass is 220 g/mol. The Morgan fingerprint density at radius 2 is 1.47 bits per heavy atom. The summed E-state index contributed by atoms with van der Waals surface area (Å²) in [5, 5.41) is 2.65. The molecule has 0 radical (unpaired) electrons. The van der Waals surface area contributed by atoms with Crippen LogP contribution in [-0.2, 0) is 6.54 Å². The maximum Gasteiger partial charge on any atom is 0.174 e. The zero-order valence-corrected chi connectivity index (χ0v) is 9.58. The fraction of sp³-hybridized carbons (Fsp3) is 0.0625. The smallest absolute Gasteiger partial charge is 0.174 e. The van der Waals surface area contributed by atoms with Gasteiger partial charge in [0.05, 0.1) is 0 Å². The molecule has 0 fully saturated rings. The summed E-state index contributed by atoms with van der Waals surface area (Å²) in [6.45, 7) is 0.919. The molecule has 0 saturated heterocycles. The first-order valence-electron chi connectivity index (χ1n) is 5.84. The van der Waals surface area contributed by atoms with Crippen LogP contribution in [-0.4, -0.2) is 0 Å². The van der Waals surface area contributed by atoms with E-state index < -0.39 is 0 Å². The van der Waals surface area contributed by atoms with Crippen LogP contribution in [0, 0.1) is 0 Å². The summed E-state index contributed by atoms with van der Waals surface area (Å²) >= 11 is 0. The van der Waals surface area contributed by atoms with Crippen molar-refractivity contribution < 1.29 is 4.57 Å². The van der Waals surface area contributed by atoms with E-state index in [2.05, 4.69) is 71.6 Å². The van der Waals surface area contributed by atoms with Gasteiger partial charge in [-0.3, -0.25) is 0 Å². The van der Waals surface area contributed by atoms with Crippen LogP contribution in [0.3, 0.4) is 0 Å². The molecule has 3 rings (SSSR count). The van der Waals surface area contributed by atoms with Crippen molar-refractivity contribution in [1.82, 2.24) is 0 Å². The van der Waals surface area contributed by atoms with E-state index >= 15 is 0 Å². The Labute approximate surface area is 101 Å². The number of nitrogens with zero attached hydrogens (tertiary/aromatic N) is 1. The molecule has 0 bridgehead atoms. The first-order chi connectivity index (χ1) is 8.43. The Kier molecular flexibility index (Phi) is 2.59. The van der Waals surface area contributed by atoms with Gasteiger partial charge in [0.1, 0.15) is 0 Å². The van der Waals surface area contributed by atoms with Gasteiger partial charge in [0.25, 0.3) is 0 Å². The van der Waals surface area contributed by atoms with Crippen molar-refractivity contribution in [2.45, 2.75) is 6.54 Å². The van der Waals surface area contributed by atoms with E-state index in [9.17, 15) is 0 Å². The van der Waals surface area contributed by atoms with Crippen molar-refractivity contribution in [3.63, 3.8) is 0 Å². The van der Waals surface area contributed by atoms with E-state index in [-0.39, 0.29) is 0 Å². The molecule has 0 atom stereocenters. The number of hydrogen-bond acceptors (Lipinski definition) is 0. The van der Waals surface area contributed by atoms with Gasteiger partial charge in [-0.25, -0.2) is 4.57 Å². The summed E-state index contributed by atoms with van der Waals surface area (Å²) in [6, 6.07) is 21.2. The topological polar surface area (TPSA) is 3.88 Å². The SMILES string of the molecule is c1cc[n+](Cc2cccc3ccccc23)cc1. The number of rotatable bonds is 2. The number of aromatic nitrogens is 1. The Balaban J connectivity index is 2.06. The molecule has 0 aliphatic rings. The molecular weight excluding hydrogens is 206 g/mol. The van der Waals surface area contributed by atoms with Gasteiger partial charge in [-0.05, 0) is 10.8 Å². The van der Waals surface area contributed by atoms with Gasteiger partial charge in [-0.1, -0.05) is 48.5 Å². The lowest BCUT2D eigenvalue weighted by atomic mass is 10.0. The van der Waals surface area contributed by atoms with E-state index in [1.807, 2.05) is 6.07 Å². The van der Waals surface area contributed by atoms with Crippen molar-refractivity contribution in [3.05, 3.63) is 78.6 Å². The van der Waals surface area contributed by atoms with Crippen molar-refractivity contribution in [2.24, 2.45) is 0 Å². The third-order valence-corrected chi connectivity index (χ3v) is 3.01. The first-order valence-corrected chi connectivity index (χ1v) is 5.84. The van der Waals surface area contributed by atoms with Crippen molar-refractivity contribution >= 4 is 10.8 Å². The average molecular weight is 220 g/mol. The molecule has 82 valence electrons. The minimum atomic E-state index is 0.919. The molecule has 0 aliphatic carbocycles. The summed E-state index contributed by atoms with van der Waals surface area (Å²) in [4.78, 5) is 0. The molecule has 1 heteroatoms. The predicted octanol–water partition coefficient (Wildman–Crippen LogP) is 3.18. The highest BCUT2D eigenvalue weighted by Gasteiger charge is 2.04. The van der Waals surface area contributed by atoms with Gasteiger partial charge in [-0.15, -0.1) is 0 Å². The van der Waals surface area contributed by atoms with Gasteiger partial charge < -0.3 is 0 Å². The molecule has 0 unspecified atom stereocenters. The second-order valence-corrected chi connectivity index (χ2v) is 4.19. The highest BCUT2D eigenvalue weighted by molar-refractivity contribution is 5.85. The zero-order chi connectivity index (χ0) is 11.5. The summed E-state index contributed by atoms with van der Waals surface area (Å²) in [5.74, 6) is 0. The Hall–Kier alpha value is -2.15. The minimum Gasteiger partial charge on any atom is -0.201 e. The molecule has 1 aromatic heterocycles. The van der Waals surface area contributed by atoms with Crippen LogP contribution in [0.25, 0.3) is 10.8 Å². The third-order valence-electron chi connectivity index (χ3n) is 3.01. The quantitative estimate of drug-likeness (QED) is 0.584. The second kappa shape index (κ2) is 4.38. The van der Waals surface area contributed by atoms with Gasteiger partial charge in [0.15, 0.2) is 18.9 Å². The van der Waals surface area contributed by atoms with Gasteiger partial charge >= 0.3 is 0 Å². The maximum absolute atomic E-state index is 2.20. The molecule has 2 aromatic carbocycles. The predicted molar refractivity (Wildman–Crippen MR) is 69.7 cm³/mol. The molecule has 0 aliphatic heterocycles. The molecule has 17 heavy (non-hydrogen) atoms. The Morgan fingerprint density at radius 3 is 2.35 bits per heavy atom. The minimum absolute atomic E-state index is 0.919. The van der Waals surface area contributed by atoms with Crippen LogP contribution in [0.15, 0.2) is 73.1 Å². The lowest BCUT2D eigenvalue weighted by molar-refractivity contribution is -0.688. The molecule has 1 nitrogen and oxygen atoms in total. The highest BCUT2D eigenvalue weighted by atomic mass is 14.9. The van der Waals surface area contributed by atoms with E-state index in [1.54, 1.807) is 0 Å². The fourth-order valence-corrected chi connectivity index (χ4v) is 2.17. The summed E-state index contributed by atoms with van der Waals surface area (Å²) in [7, 11) is 0. The number of hydrogen-bond donors (Lipinski definition) is 0. The van der Waals surface area contributed by atoms with Crippen molar-refractivity contribution in [3.8, 4) is 0 Å². The first kappa shape index (κ1) is 10.0. The maximum atomic E-state index is 2.20. The summed E-state index contributed by atoms with van der Waals surface area (Å²) < 4.78 is 2.20. The summed E-state index contributed by atoms with van der Waals surface area (Å²) in [6.07, 6.45) is 4.20. The van der Waals surface area contributed by atoms with Crippen LogP contribution in [0.2, 0.25) is 0 Å². The Bertz CT molecular complexity index is 624. The second-order valence-electron chi connectivity index (χ2n) is 4.19. The average Bonchev–Trinajstić information content (AvgIpc) is 2.40. The number of pyridine rings is 1. The van der Waals surface area contributed by atoms with E-state index in [1.165, 1.54) is 16.3 Å². The number of fused-ring (bicyclic) bond motifs is 1. The number of benzene rings is 2. The zero-order valence-electron chi connectivity index (χ0n) is 9.58. The van der Waals surface area contributed by atoms with Gasteiger partial charge in [0, 0.05) is 17.7 Å². The lowest BCUT2D eigenvalue weighted by Gasteiger charge is -2.03. The van der Waals surface area contributed by atoms with E-state index in [0.29, 0.717) is 0 Å². The van der Waals surface area contributed by atoms with Crippen LogP contribution < -0.4 is 4.57 Å². The van der Waals surface area contributed by atoms with Crippen LogP contribution >= 0.6 is 0 Å². The normalized spacial score (nSPS) is 10.6. The van der Waals surface area contributed by atoms with Gasteiger partial charge in [-0.2, -0.15) is 0 Å². The third kappa shape index (κ3) is 2.04. The molecule has 0 N–H and O–H groups in total. The van der Waals surface area contributed by atoms with Crippen LogP contribution in [0.1, 0.15) is 5.56 Å².